The minimum Gasteiger partial charge on any atom is -0.390 e. The fourth-order valence-electron chi connectivity index (χ4n) is 1.36. The summed E-state index contributed by atoms with van der Waals surface area (Å²) in [4.78, 5) is 0. The summed E-state index contributed by atoms with van der Waals surface area (Å²) in [6.45, 7) is 3.25. The molecule has 90 valence electrons. The minimum absolute atomic E-state index is 0.204. The average molecular weight is 220 g/mol. The van der Waals surface area contributed by atoms with Crippen LogP contribution in [0.5, 0.6) is 0 Å². The van der Waals surface area contributed by atoms with Crippen molar-refractivity contribution in [2.24, 2.45) is 0 Å². The molecule has 0 radical (unpaired) electrons. The van der Waals surface area contributed by atoms with E-state index in [4.69, 9.17) is 18.9 Å². The molecule has 1 fully saturated rings. The van der Waals surface area contributed by atoms with E-state index < -0.39 is 6.10 Å². The molecule has 15 heavy (non-hydrogen) atoms. The van der Waals surface area contributed by atoms with E-state index in [2.05, 4.69) is 0 Å². The van der Waals surface area contributed by atoms with Gasteiger partial charge < -0.3 is 24.1 Å². The van der Waals surface area contributed by atoms with Crippen molar-refractivity contribution in [3.05, 3.63) is 0 Å². The van der Waals surface area contributed by atoms with Gasteiger partial charge in [0.25, 0.3) is 0 Å². The second-order valence-electron chi connectivity index (χ2n) is 3.45. The molecular weight excluding hydrogens is 200 g/mol. The molecule has 0 aromatic carbocycles. The fraction of sp³-hybridized carbons (Fsp3) is 1.00. The van der Waals surface area contributed by atoms with Gasteiger partial charge in [0, 0.05) is 13.7 Å². The Morgan fingerprint density at radius 3 is 2.80 bits per heavy atom. The highest BCUT2D eigenvalue weighted by molar-refractivity contribution is 4.72. The van der Waals surface area contributed by atoms with Gasteiger partial charge in [0.05, 0.1) is 39.1 Å². The van der Waals surface area contributed by atoms with Crippen molar-refractivity contribution in [3.8, 4) is 0 Å². The van der Waals surface area contributed by atoms with E-state index in [1.165, 1.54) is 0 Å². The first kappa shape index (κ1) is 12.9. The third-order valence-corrected chi connectivity index (χ3v) is 2.26. The average Bonchev–Trinajstić information content (AvgIpc) is 2.25. The van der Waals surface area contributed by atoms with Crippen LogP contribution in [-0.2, 0) is 18.9 Å². The molecule has 5 heteroatoms. The molecule has 0 spiro atoms. The van der Waals surface area contributed by atoms with Gasteiger partial charge >= 0.3 is 0 Å². The molecule has 1 aliphatic rings. The lowest BCUT2D eigenvalue weighted by atomic mass is 10.1. The Bertz CT molecular complexity index is 153. The Labute approximate surface area is 90.3 Å². The number of rotatable bonds is 7. The Morgan fingerprint density at radius 2 is 2.07 bits per heavy atom. The highest BCUT2D eigenvalue weighted by atomic mass is 16.6. The third kappa shape index (κ3) is 5.44. The fourth-order valence-corrected chi connectivity index (χ4v) is 1.36. The van der Waals surface area contributed by atoms with E-state index in [-0.39, 0.29) is 6.10 Å². The summed E-state index contributed by atoms with van der Waals surface area (Å²) in [5, 5.41) is 9.54. The zero-order chi connectivity index (χ0) is 10.9. The predicted octanol–water partition coefficient (Wildman–Crippen LogP) is -0.184. The Balaban J connectivity index is 1.94. The molecule has 5 nitrogen and oxygen atoms in total. The van der Waals surface area contributed by atoms with Crippen LogP contribution in [-0.4, -0.2) is 64.1 Å². The number of aliphatic hydroxyl groups excluding tert-OH is 1. The zero-order valence-corrected chi connectivity index (χ0v) is 9.18. The highest BCUT2D eigenvalue weighted by Crippen LogP contribution is 2.10. The lowest BCUT2D eigenvalue weighted by Crippen LogP contribution is -2.39. The quantitative estimate of drug-likeness (QED) is 0.603. The smallest absolute Gasteiger partial charge is 0.107 e. The Hall–Kier alpha value is -0.200. The van der Waals surface area contributed by atoms with Gasteiger partial charge in [-0.05, 0) is 6.42 Å². The van der Waals surface area contributed by atoms with Crippen molar-refractivity contribution in [1.29, 1.82) is 0 Å². The molecule has 0 bridgehead atoms. The summed E-state index contributed by atoms with van der Waals surface area (Å²) >= 11 is 0. The summed E-state index contributed by atoms with van der Waals surface area (Å²) in [5.74, 6) is 0. The second-order valence-corrected chi connectivity index (χ2v) is 3.45. The van der Waals surface area contributed by atoms with Crippen LogP contribution in [0.15, 0.2) is 0 Å². The van der Waals surface area contributed by atoms with Crippen LogP contribution in [0.4, 0.5) is 0 Å². The normalized spacial score (nSPS) is 26.8. The van der Waals surface area contributed by atoms with Gasteiger partial charge in [0.1, 0.15) is 6.10 Å². The molecule has 0 aromatic rings. The molecule has 1 heterocycles. The van der Waals surface area contributed by atoms with E-state index in [0.29, 0.717) is 46.1 Å². The first-order valence-corrected chi connectivity index (χ1v) is 5.28. The molecule has 2 atom stereocenters. The second kappa shape index (κ2) is 8.01. The van der Waals surface area contributed by atoms with Gasteiger partial charge in [-0.25, -0.2) is 0 Å². The van der Waals surface area contributed by atoms with Crippen LogP contribution >= 0.6 is 0 Å². The third-order valence-electron chi connectivity index (χ3n) is 2.26. The minimum atomic E-state index is -0.405. The number of ether oxygens (including phenoxy) is 4. The molecule has 0 aromatic heterocycles. The van der Waals surface area contributed by atoms with Crippen molar-refractivity contribution in [2.75, 3.05) is 46.8 Å². The van der Waals surface area contributed by atoms with Crippen molar-refractivity contribution in [1.82, 2.24) is 0 Å². The standard InChI is InChI=1S/C10H20O5/c1-12-4-5-13-6-7-15-10-8-14-3-2-9(10)11/h9-11H,2-8H2,1H3. The SMILES string of the molecule is COCCOCCOC1COCCC1O. The van der Waals surface area contributed by atoms with Crippen molar-refractivity contribution in [3.63, 3.8) is 0 Å². The van der Waals surface area contributed by atoms with Gasteiger partial charge in [-0.3, -0.25) is 0 Å². The molecule has 0 aliphatic carbocycles. The number of aliphatic hydroxyl groups is 1. The van der Waals surface area contributed by atoms with Crippen molar-refractivity contribution in [2.45, 2.75) is 18.6 Å². The molecule has 2 unspecified atom stereocenters. The van der Waals surface area contributed by atoms with E-state index >= 15 is 0 Å². The maximum Gasteiger partial charge on any atom is 0.107 e. The van der Waals surface area contributed by atoms with Crippen LogP contribution in [0.1, 0.15) is 6.42 Å². The van der Waals surface area contributed by atoms with Crippen molar-refractivity contribution < 1.29 is 24.1 Å². The summed E-state index contributed by atoms with van der Waals surface area (Å²) in [6, 6.07) is 0. The van der Waals surface area contributed by atoms with Crippen LogP contribution in [0.3, 0.4) is 0 Å². The maximum atomic E-state index is 9.54. The van der Waals surface area contributed by atoms with E-state index in [0.717, 1.165) is 0 Å². The summed E-state index contributed by atoms with van der Waals surface area (Å²) in [6.07, 6.45) is 0.0392. The first-order chi connectivity index (χ1) is 7.34. The molecule has 1 aliphatic heterocycles. The molecule has 0 saturated carbocycles. The van der Waals surface area contributed by atoms with Gasteiger partial charge in [0.2, 0.25) is 0 Å². The van der Waals surface area contributed by atoms with Crippen LogP contribution in [0.25, 0.3) is 0 Å². The number of hydrogen-bond acceptors (Lipinski definition) is 5. The Morgan fingerprint density at radius 1 is 1.27 bits per heavy atom. The zero-order valence-electron chi connectivity index (χ0n) is 9.18. The van der Waals surface area contributed by atoms with Gasteiger partial charge in [-0.15, -0.1) is 0 Å². The lowest BCUT2D eigenvalue weighted by Gasteiger charge is -2.27. The predicted molar refractivity (Wildman–Crippen MR) is 53.9 cm³/mol. The maximum absolute atomic E-state index is 9.54. The van der Waals surface area contributed by atoms with E-state index in [9.17, 15) is 5.11 Å². The van der Waals surface area contributed by atoms with Gasteiger partial charge in [0.15, 0.2) is 0 Å². The van der Waals surface area contributed by atoms with Crippen LogP contribution < -0.4 is 0 Å². The van der Waals surface area contributed by atoms with E-state index in [1.54, 1.807) is 7.11 Å². The molecule has 1 N–H and O–H groups in total. The summed E-state index contributed by atoms with van der Waals surface area (Å²) in [5.41, 5.74) is 0. The van der Waals surface area contributed by atoms with Gasteiger partial charge in [-0.2, -0.15) is 0 Å². The molecule has 1 rings (SSSR count). The van der Waals surface area contributed by atoms with Crippen LogP contribution in [0, 0.1) is 0 Å². The molecule has 1 saturated heterocycles. The van der Waals surface area contributed by atoms with Gasteiger partial charge in [-0.1, -0.05) is 0 Å². The molecule has 0 amide bonds. The van der Waals surface area contributed by atoms with E-state index in [1.807, 2.05) is 0 Å². The number of methoxy groups -OCH3 is 1. The topological polar surface area (TPSA) is 57.2 Å². The monoisotopic (exact) mass is 220 g/mol. The Kier molecular flexibility index (Phi) is 6.87. The summed E-state index contributed by atoms with van der Waals surface area (Å²) < 4.78 is 20.7. The largest absolute Gasteiger partial charge is 0.390 e. The number of hydrogen-bond donors (Lipinski definition) is 1. The molecular formula is C10H20O5. The van der Waals surface area contributed by atoms with Crippen LogP contribution in [0.2, 0.25) is 0 Å². The lowest BCUT2D eigenvalue weighted by molar-refractivity contribution is -0.125. The highest BCUT2D eigenvalue weighted by Gasteiger charge is 2.23. The first-order valence-electron chi connectivity index (χ1n) is 5.28. The van der Waals surface area contributed by atoms with Crippen molar-refractivity contribution >= 4 is 0 Å². The summed E-state index contributed by atoms with van der Waals surface area (Å²) in [7, 11) is 1.63.